The second-order valence-electron chi connectivity index (χ2n) is 7.64. The smallest absolute Gasteiger partial charge is 0.272 e. The summed E-state index contributed by atoms with van der Waals surface area (Å²) in [5.74, 6) is 0.0633. The Balaban J connectivity index is 1.65. The summed E-state index contributed by atoms with van der Waals surface area (Å²) in [6.07, 6.45) is 5.40. The lowest BCUT2D eigenvalue weighted by atomic mass is 9.70. The van der Waals surface area contributed by atoms with E-state index >= 15 is 0 Å². The van der Waals surface area contributed by atoms with Crippen LogP contribution in [0.4, 0.5) is 0 Å². The van der Waals surface area contributed by atoms with E-state index in [0.29, 0.717) is 5.69 Å². The van der Waals surface area contributed by atoms with Crippen LogP contribution in [0.2, 0.25) is 0 Å². The molecule has 5 nitrogen and oxygen atoms in total. The summed E-state index contributed by atoms with van der Waals surface area (Å²) in [6, 6.07) is 10.6. The van der Waals surface area contributed by atoms with Gasteiger partial charge in [-0.2, -0.15) is 0 Å². The molecule has 0 aliphatic carbocycles. The number of nitrogens with zero attached hydrogens (tertiary/aromatic N) is 3. The molecule has 2 aliphatic heterocycles. The number of imidazole rings is 1. The summed E-state index contributed by atoms with van der Waals surface area (Å²) >= 11 is 0. The van der Waals surface area contributed by atoms with E-state index < -0.39 is 0 Å². The van der Waals surface area contributed by atoms with E-state index in [4.69, 9.17) is 0 Å². The Labute approximate surface area is 148 Å². The third kappa shape index (κ3) is 2.49. The van der Waals surface area contributed by atoms with Crippen molar-refractivity contribution in [2.24, 2.45) is 12.5 Å². The first-order chi connectivity index (χ1) is 12.1. The first kappa shape index (κ1) is 16.3. The zero-order valence-electron chi connectivity index (χ0n) is 14.9. The molecule has 132 valence electrons. The number of fused-ring (bicyclic) bond motifs is 2. The van der Waals surface area contributed by atoms with Gasteiger partial charge in [0.05, 0.1) is 18.6 Å². The number of carbonyl (C=O) groups is 1. The molecule has 0 saturated carbocycles. The van der Waals surface area contributed by atoms with E-state index in [1.807, 2.05) is 41.6 Å². The van der Waals surface area contributed by atoms with Crippen LogP contribution < -0.4 is 0 Å². The van der Waals surface area contributed by atoms with Gasteiger partial charge in [-0.15, -0.1) is 0 Å². The Kier molecular flexibility index (Phi) is 3.91. The Morgan fingerprint density at radius 3 is 2.72 bits per heavy atom. The second kappa shape index (κ2) is 5.99. The molecule has 2 aliphatic rings. The van der Waals surface area contributed by atoms with Crippen molar-refractivity contribution in [2.45, 2.75) is 44.7 Å². The number of hydrogen-bond acceptors (Lipinski definition) is 3. The van der Waals surface area contributed by atoms with Crippen molar-refractivity contribution < 1.29 is 9.90 Å². The molecular formula is C20H25N3O2. The van der Waals surface area contributed by atoms with E-state index in [0.717, 1.165) is 31.4 Å². The predicted molar refractivity (Wildman–Crippen MR) is 95.2 cm³/mol. The fourth-order valence-corrected chi connectivity index (χ4v) is 4.99. The van der Waals surface area contributed by atoms with E-state index in [-0.39, 0.29) is 30.0 Å². The van der Waals surface area contributed by atoms with E-state index in [1.54, 1.807) is 6.33 Å². The third-order valence-electron chi connectivity index (χ3n) is 6.12. The Bertz CT molecular complexity index is 766. The van der Waals surface area contributed by atoms with Crippen LogP contribution in [0.25, 0.3) is 0 Å². The van der Waals surface area contributed by atoms with Crippen LogP contribution in [0.1, 0.15) is 41.0 Å². The van der Waals surface area contributed by atoms with E-state index in [9.17, 15) is 9.90 Å². The normalized spacial score (nSPS) is 27.9. The summed E-state index contributed by atoms with van der Waals surface area (Å²) in [6.45, 7) is 2.01. The maximum Gasteiger partial charge on any atom is 0.272 e. The van der Waals surface area contributed by atoms with Crippen LogP contribution in [0.5, 0.6) is 0 Å². The van der Waals surface area contributed by atoms with Gasteiger partial charge in [-0.05, 0) is 38.2 Å². The third-order valence-corrected chi connectivity index (χ3v) is 6.12. The molecule has 2 aromatic rings. The van der Waals surface area contributed by atoms with Gasteiger partial charge in [0.1, 0.15) is 5.69 Å². The van der Waals surface area contributed by atoms with Crippen molar-refractivity contribution in [3.63, 3.8) is 0 Å². The molecule has 2 saturated heterocycles. The minimum Gasteiger partial charge on any atom is -0.396 e. The quantitative estimate of drug-likeness (QED) is 0.930. The van der Waals surface area contributed by atoms with Crippen molar-refractivity contribution in [1.82, 2.24) is 14.5 Å². The maximum atomic E-state index is 13.3. The van der Waals surface area contributed by atoms with Crippen LogP contribution in [0.3, 0.4) is 0 Å². The van der Waals surface area contributed by atoms with Crippen LogP contribution >= 0.6 is 0 Å². The number of carbonyl (C=O) groups excluding carboxylic acids is 1. The van der Waals surface area contributed by atoms with Crippen LogP contribution in [0, 0.1) is 12.3 Å². The molecule has 4 rings (SSSR count). The molecule has 1 amide bonds. The number of aromatic nitrogens is 2. The highest BCUT2D eigenvalue weighted by atomic mass is 16.3. The summed E-state index contributed by atoms with van der Waals surface area (Å²) in [5, 5.41) is 10.3. The number of aliphatic hydroxyl groups is 1. The molecular weight excluding hydrogens is 314 g/mol. The number of amides is 1. The number of benzene rings is 1. The van der Waals surface area contributed by atoms with Gasteiger partial charge in [-0.1, -0.05) is 30.3 Å². The Morgan fingerprint density at radius 2 is 2.08 bits per heavy atom. The number of hydrogen-bond donors (Lipinski definition) is 1. The molecule has 1 aromatic carbocycles. The lowest BCUT2D eigenvalue weighted by molar-refractivity contribution is 0.0563. The summed E-state index contributed by atoms with van der Waals surface area (Å²) in [7, 11) is 1.87. The van der Waals surface area contributed by atoms with E-state index in [1.165, 1.54) is 5.56 Å². The molecule has 0 radical (unpaired) electrons. The Morgan fingerprint density at radius 1 is 1.32 bits per heavy atom. The van der Waals surface area contributed by atoms with Gasteiger partial charge < -0.3 is 14.6 Å². The highest BCUT2D eigenvalue weighted by molar-refractivity contribution is 5.94. The largest absolute Gasteiger partial charge is 0.396 e. The molecule has 3 heterocycles. The molecule has 0 spiro atoms. The summed E-state index contributed by atoms with van der Waals surface area (Å²) in [4.78, 5) is 19.6. The molecule has 2 bridgehead atoms. The SMILES string of the molecule is Cc1ncn(C)c1C(=O)N1[C@H]2CC[C@@H]1[C@@](CO)(Cc1ccccc1)C2. The predicted octanol–water partition coefficient (Wildman–Crippen LogP) is 2.33. The minimum atomic E-state index is -0.230. The highest BCUT2D eigenvalue weighted by Gasteiger charge is 2.57. The first-order valence-corrected chi connectivity index (χ1v) is 9.01. The lowest BCUT2D eigenvalue weighted by Gasteiger charge is -2.36. The van der Waals surface area contributed by atoms with Crippen molar-refractivity contribution in [1.29, 1.82) is 0 Å². The zero-order chi connectivity index (χ0) is 17.6. The van der Waals surface area contributed by atoms with Gasteiger partial charge in [0, 0.05) is 24.5 Å². The average Bonchev–Trinajstić information content (AvgIpc) is 3.27. The van der Waals surface area contributed by atoms with Gasteiger partial charge in [0.25, 0.3) is 5.91 Å². The van der Waals surface area contributed by atoms with Crippen LogP contribution in [-0.2, 0) is 13.5 Å². The number of rotatable bonds is 4. The monoisotopic (exact) mass is 339 g/mol. The summed E-state index contributed by atoms with van der Waals surface area (Å²) < 4.78 is 1.81. The van der Waals surface area contributed by atoms with Crippen molar-refractivity contribution >= 4 is 5.91 Å². The molecule has 1 N–H and O–H groups in total. The maximum absolute atomic E-state index is 13.3. The second-order valence-corrected chi connectivity index (χ2v) is 7.64. The topological polar surface area (TPSA) is 58.4 Å². The van der Waals surface area contributed by atoms with Gasteiger partial charge in [0.15, 0.2) is 0 Å². The highest BCUT2D eigenvalue weighted by Crippen LogP contribution is 2.51. The zero-order valence-corrected chi connectivity index (χ0v) is 14.9. The van der Waals surface area contributed by atoms with Crippen LogP contribution in [0.15, 0.2) is 36.7 Å². The minimum absolute atomic E-state index is 0.0633. The fourth-order valence-electron chi connectivity index (χ4n) is 4.99. The molecule has 2 fully saturated rings. The molecule has 3 atom stereocenters. The molecule has 1 aromatic heterocycles. The number of aliphatic hydroxyl groups excluding tert-OH is 1. The van der Waals surface area contributed by atoms with E-state index in [2.05, 4.69) is 17.1 Å². The molecule has 25 heavy (non-hydrogen) atoms. The fraction of sp³-hybridized carbons (Fsp3) is 0.500. The van der Waals surface area contributed by atoms with Crippen LogP contribution in [-0.4, -0.2) is 44.2 Å². The standard InChI is InChI=1S/C20H25N3O2/c1-14-18(22(2)13-21-14)19(25)23-16-8-9-17(23)20(11-16,12-24)10-15-6-4-3-5-7-15/h3-7,13,16-17,24H,8-12H2,1-2H3/t16-,17+,20-/m0/s1. The van der Waals surface area contributed by atoms with Crippen molar-refractivity contribution in [3.05, 3.63) is 53.6 Å². The number of aryl methyl sites for hydroxylation is 2. The van der Waals surface area contributed by atoms with Crippen molar-refractivity contribution in [3.8, 4) is 0 Å². The van der Waals surface area contributed by atoms with Gasteiger partial charge in [0.2, 0.25) is 0 Å². The molecule has 5 heteroatoms. The lowest BCUT2D eigenvalue weighted by Crippen LogP contribution is -2.44. The van der Waals surface area contributed by atoms with Gasteiger partial charge in [-0.25, -0.2) is 4.98 Å². The Hall–Kier alpha value is -2.14. The van der Waals surface area contributed by atoms with Crippen molar-refractivity contribution in [2.75, 3.05) is 6.61 Å². The average molecular weight is 339 g/mol. The summed E-state index contributed by atoms with van der Waals surface area (Å²) in [5.41, 5.74) is 2.45. The first-order valence-electron chi connectivity index (χ1n) is 9.01. The van der Waals surface area contributed by atoms with Gasteiger partial charge in [-0.3, -0.25) is 4.79 Å². The van der Waals surface area contributed by atoms with Gasteiger partial charge >= 0.3 is 0 Å². The molecule has 0 unspecified atom stereocenters.